The standard InChI is InChI=1S/C18H20NO3/c1-3-22-11-7-10-19-14(2)12-16(18(19)17(21)13-20)15-8-5-4-6-9-15/h4-6,8-9,12H,3,7,10-11H2,1-2H3. The van der Waals surface area contributed by atoms with Crippen LogP contribution >= 0.6 is 0 Å². The van der Waals surface area contributed by atoms with E-state index in [0.717, 1.165) is 23.2 Å². The number of benzene rings is 1. The topological polar surface area (TPSA) is 48.3 Å². The van der Waals surface area contributed by atoms with Gasteiger partial charge in [-0.15, -0.1) is 0 Å². The number of nitrogens with zero attached hydrogens (tertiary/aromatic N) is 1. The summed E-state index contributed by atoms with van der Waals surface area (Å²) in [6.45, 7) is 5.84. The van der Waals surface area contributed by atoms with Crippen LogP contribution in [-0.2, 0) is 16.1 Å². The maximum atomic E-state index is 12.1. The zero-order chi connectivity index (χ0) is 15.9. The van der Waals surface area contributed by atoms with Crippen LogP contribution in [0.2, 0.25) is 0 Å². The van der Waals surface area contributed by atoms with E-state index in [1.807, 2.05) is 54.8 Å². The average Bonchev–Trinajstić information content (AvgIpc) is 2.88. The monoisotopic (exact) mass is 298 g/mol. The number of Topliss-reactive ketones (excluding diaryl/α,β-unsaturated/α-hetero) is 1. The van der Waals surface area contributed by atoms with E-state index in [1.165, 1.54) is 6.29 Å². The molecule has 0 saturated carbocycles. The molecule has 1 heterocycles. The zero-order valence-electron chi connectivity index (χ0n) is 13.0. The van der Waals surface area contributed by atoms with E-state index in [4.69, 9.17) is 4.74 Å². The van der Waals surface area contributed by atoms with E-state index < -0.39 is 5.78 Å². The van der Waals surface area contributed by atoms with Gasteiger partial charge in [0.1, 0.15) is 5.69 Å². The first kappa shape index (κ1) is 16.2. The van der Waals surface area contributed by atoms with Crippen molar-refractivity contribution in [3.8, 4) is 11.1 Å². The van der Waals surface area contributed by atoms with Crippen LogP contribution in [-0.4, -0.2) is 29.9 Å². The summed E-state index contributed by atoms with van der Waals surface area (Å²) in [4.78, 5) is 23.0. The molecule has 0 fully saturated rings. The van der Waals surface area contributed by atoms with Crippen molar-refractivity contribution in [3.05, 3.63) is 47.8 Å². The molecule has 0 saturated heterocycles. The Morgan fingerprint density at radius 2 is 2.00 bits per heavy atom. The van der Waals surface area contributed by atoms with Gasteiger partial charge in [0.05, 0.1) is 0 Å². The SMILES string of the molecule is CCOCCCn1c(C)cc(-c2ccccc2)c1C(=O)[C]=O. The Morgan fingerprint density at radius 3 is 2.64 bits per heavy atom. The smallest absolute Gasteiger partial charge is 0.279 e. The molecular weight excluding hydrogens is 278 g/mol. The van der Waals surface area contributed by atoms with Gasteiger partial charge in [0.2, 0.25) is 0 Å². The molecule has 2 rings (SSSR count). The number of carbonyl (C=O) groups excluding carboxylic acids is 2. The number of ketones is 1. The van der Waals surface area contributed by atoms with E-state index in [9.17, 15) is 9.59 Å². The molecular formula is C18H20NO3. The summed E-state index contributed by atoms with van der Waals surface area (Å²) in [5.74, 6) is -0.608. The first-order valence-corrected chi connectivity index (χ1v) is 7.44. The van der Waals surface area contributed by atoms with E-state index >= 15 is 0 Å². The minimum absolute atomic E-state index is 0.412. The van der Waals surface area contributed by atoms with Crippen molar-refractivity contribution in [2.24, 2.45) is 0 Å². The minimum Gasteiger partial charge on any atom is -0.382 e. The Hall–Kier alpha value is -2.20. The highest BCUT2D eigenvalue weighted by Gasteiger charge is 2.20. The van der Waals surface area contributed by atoms with Crippen molar-refractivity contribution >= 4 is 12.1 Å². The van der Waals surface area contributed by atoms with Crippen molar-refractivity contribution in [2.45, 2.75) is 26.8 Å². The number of rotatable bonds is 8. The Balaban J connectivity index is 2.38. The number of hydrogen-bond acceptors (Lipinski definition) is 3. The maximum absolute atomic E-state index is 12.1. The number of hydrogen-bond donors (Lipinski definition) is 0. The predicted octanol–water partition coefficient (Wildman–Crippen LogP) is 3.18. The molecule has 22 heavy (non-hydrogen) atoms. The first-order chi connectivity index (χ1) is 10.7. The third-order valence-electron chi connectivity index (χ3n) is 3.57. The number of aromatic nitrogens is 1. The van der Waals surface area contributed by atoms with Gasteiger partial charge >= 0.3 is 0 Å². The highest BCUT2D eigenvalue weighted by Crippen LogP contribution is 2.27. The third kappa shape index (κ3) is 3.52. The van der Waals surface area contributed by atoms with Gasteiger partial charge in [0.25, 0.3) is 12.1 Å². The molecule has 115 valence electrons. The van der Waals surface area contributed by atoms with Gasteiger partial charge < -0.3 is 9.30 Å². The predicted molar refractivity (Wildman–Crippen MR) is 85.7 cm³/mol. The molecule has 1 aromatic carbocycles. The van der Waals surface area contributed by atoms with Crippen molar-refractivity contribution in [1.82, 2.24) is 4.57 Å². The zero-order valence-corrected chi connectivity index (χ0v) is 13.0. The van der Waals surface area contributed by atoms with Gasteiger partial charge in [-0.25, -0.2) is 0 Å². The van der Waals surface area contributed by atoms with E-state index in [0.29, 0.717) is 25.5 Å². The lowest BCUT2D eigenvalue weighted by atomic mass is 10.0. The van der Waals surface area contributed by atoms with E-state index in [2.05, 4.69) is 0 Å². The molecule has 0 aliphatic carbocycles. The van der Waals surface area contributed by atoms with Gasteiger partial charge in [-0.2, -0.15) is 0 Å². The second-order valence-corrected chi connectivity index (χ2v) is 5.05. The molecule has 0 aliphatic rings. The molecule has 0 unspecified atom stereocenters. The third-order valence-corrected chi connectivity index (χ3v) is 3.57. The molecule has 0 atom stereocenters. The molecule has 0 amide bonds. The summed E-state index contributed by atoms with van der Waals surface area (Å²) in [7, 11) is 0. The van der Waals surface area contributed by atoms with Gasteiger partial charge in [-0.05, 0) is 31.9 Å². The van der Waals surface area contributed by atoms with E-state index in [1.54, 1.807) is 0 Å². The fourth-order valence-corrected chi connectivity index (χ4v) is 2.57. The van der Waals surface area contributed by atoms with Crippen LogP contribution in [0.4, 0.5) is 0 Å². The molecule has 0 N–H and O–H groups in total. The van der Waals surface area contributed by atoms with Gasteiger partial charge in [0, 0.05) is 31.0 Å². The number of carbonyl (C=O) groups is 1. The fraction of sp³-hybridized carbons (Fsp3) is 0.333. The lowest BCUT2D eigenvalue weighted by Gasteiger charge is -2.10. The highest BCUT2D eigenvalue weighted by atomic mass is 16.5. The van der Waals surface area contributed by atoms with E-state index in [-0.39, 0.29) is 0 Å². The molecule has 0 aliphatic heterocycles. The number of aryl methyl sites for hydroxylation is 1. The summed E-state index contributed by atoms with van der Waals surface area (Å²) >= 11 is 0. The molecule has 2 aromatic rings. The molecule has 4 nitrogen and oxygen atoms in total. The van der Waals surface area contributed by atoms with Crippen LogP contribution in [0.1, 0.15) is 29.5 Å². The van der Waals surface area contributed by atoms with Crippen molar-refractivity contribution in [1.29, 1.82) is 0 Å². The second-order valence-electron chi connectivity index (χ2n) is 5.05. The van der Waals surface area contributed by atoms with Crippen LogP contribution in [0.25, 0.3) is 11.1 Å². The normalized spacial score (nSPS) is 10.6. The van der Waals surface area contributed by atoms with Crippen molar-refractivity contribution < 1.29 is 14.3 Å². The van der Waals surface area contributed by atoms with Crippen LogP contribution in [0.5, 0.6) is 0 Å². The maximum Gasteiger partial charge on any atom is 0.279 e. The molecule has 1 aromatic heterocycles. The summed E-state index contributed by atoms with van der Waals surface area (Å²) < 4.78 is 7.22. The van der Waals surface area contributed by atoms with Crippen LogP contribution in [0, 0.1) is 6.92 Å². The molecule has 1 radical (unpaired) electrons. The number of ether oxygens (including phenoxy) is 1. The fourth-order valence-electron chi connectivity index (χ4n) is 2.57. The Labute approximate surface area is 130 Å². The van der Waals surface area contributed by atoms with Crippen molar-refractivity contribution in [2.75, 3.05) is 13.2 Å². The van der Waals surface area contributed by atoms with Crippen LogP contribution < -0.4 is 0 Å². The summed E-state index contributed by atoms with van der Waals surface area (Å²) in [5, 5.41) is 0. The molecule has 0 spiro atoms. The Bertz CT molecular complexity index is 644. The highest BCUT2D eigenvalue weighted by molar-refractivity contribution is 6.34. The lowest BCUT2D eigenvalue weighted by Crippen LogP contribution is -2.13. The Morgan fingerprint density at radius 1 is 1.27 bits per heavy atom. The molecule has 4 heteroatoms. The summed E-state index contributed by atoms with van der Waals surface area (Å²) in [6.07, 6.45) is 2.29. The first-order valence-electron chi connectivity index (χ1n) is 7.44. The average molecular weight is 298 g/mol. The van der Waals surface area contributed by atoms with Crippen LogP contribution in [0.3, 0.4) is 0 Å². The summed E-state index contributed by atoms with van der Waals surface area (Å²) in [6, 6.07) is 11.6. The quantitative estimate of drug-likeness (QED) is 0.427. The summed E-state index contributed by atoms with van der Waals surface area (Å²) in [5.41, 5.74) is 3.07. The van der Waals surface area contributed by atoms with Crippen molar-refractivity contribution in [3.63, 3.8) is 0 Å². The largest absolute Gasteiger partial charge is 0.382 e. The Kier molecular flexibility index (Phi) is 5.67. The van der Waals surface area contributed by atoms with Crippen LogP contribution in [0.15, 0.2) is 36.4 Å². The second kappa shape index (κ2) is 7.71. The van der Waals surface area contributed by atoms with Gasteiger partial charge in [-0.3, -0.25) is 9.59 Å². The molecule has 0 bridgehead atoms. The lowest BCUT2D eigenvalue weighted by molar-refractivity contribution is 0.105. The van der Waals surface area contributed by atoms with Gasteiger partial charge in [0.15, 0.2) is 0 Å². The minimum atomic E-state index is -0.608. The van der Waals surface area contributed by atoms with Gasteiger partial charge in [-0.1, -0.05) is 30.3 Å².